The maximum absolute atomic E-state index is 12.2. The fraction of sp³-hybridized carbons (Fsp3) is 0.500. The Kier molecular flexibility index (Phi) is 5.49. The number of rotatable bonds is 6. The Morgan fingerprint density at radius 1 is 1.33 bits per heavy atom. The Bertz CT molecular complexity index is 487. The average Bonchev–Trinajstić information content (AvgIpc) is 2.29. The van der Waals surface area contributed by atoms with E-state index in [1.165, 1.54) is 18.4 Å². The minimum Gasteiger partial charge on any atom is -0.381 e. The number of benzene rings is 1. The van der Waals surface area contributed by atoms with Crippen LogP contribution in [-0.4, -0.2) is 44.9 Å². The molecule has 4 nitrogen and oxygen atoms in total. The molecule has 0 saturated heterocycles. The van der Waals surface area contributed by atoms with Crippen LogP contribution in [0.3, 0.4) is 0 Å². The normalized spacial score (nSPS) is 13.6. The first kappa shape index (κ1) is 15.3. The zero-order valence-corrected chi connectivity index (χ0v) is 12.8. The first-order chi connectivity index (χ1) is 8.39. The number of nitrogens with zero attached hydrogens (tertiary/aromatic N) is 1. The third-order valence-corrected chi connectivity index (χ3v) is 5.17. The van der Waals surface area contributed by atoms with Crippen molar-refractivity contribution in [1.29, 1.82) is 0 Å². The molecule has 102 valence electrons. The highest BCUT2D eigenvalue weighted by Gasteiger charge is 2.21. The van der Waals surface area contributed by atoms with Crippen molar-refractivity contribution in [2.45, 2.75) is 17.9 Å². The summed E-state index contributed by atoms with van der Waals surface area (Å²) in [4.78, 5) is 0.322. The highest BCUT2D eigenvalue weighted by Crippen LogP contribution is 2.24. The van der Waals surface area contributed by atoms with Gasteiger partial charge in [-0.1, -0.05) is 12.1 Å². The zero-order valence-electron chi connectivity index (χ0n) is 11.2. The van der Waals surface area contributed by atoms with Crippen molar-refractivity contribution in [1.82, 2.24) is 4.31 Å². The van der Waals surface area contributed by atoms with Crippen molar-refractivity contribution >= 4 is 27.5 Å². The lowest BCUT2D eigenvalue weighted by atomic mass is 10.3. The molecule has 1 atom stereocenters. The van der Waals surface area contributed by atoms with Crippen LogP contribution in [0.1, 0.15) is 6.92 Å². The minimum atomic E-state index is -3.40. The standard InChI is InChI=1S/C12H20N2O2S2/c1-10(9-17-4)13-11-7-5-6-8-12(11)18(15,16)14(2)3/h5-8,10,13H,9H2,1-4H3. The maximum Gasteiger partial charge on any atom is 0.244 e. The van der Waals surface area contributed by atoms with Crippen LogP contribution in [-0.2, 0) is 10.0 Å². The zero-order chi connectivity index (χ0) is 13.8. The summed E-state index contributed by atoms with van der Waals surface area (Å²) in [5.41, 5.74) is 0.660. The number of thioether (sulfide) groups is 1. The molecule has 1 aromatic rings. The molecule has 1 rings (SSSR count). The van der Waals surface area contributed by atoms with Crippen LogP contribution in [0, 0.1) is 0 Å². The molecular weight excluding hydrogens is 268 g/mol. The van der Waals surface area contributed by atoms with E-state index in [9.17, 15) is 8.42 Å². The Morgan fingerprint density at radius 3 is 2.50 bits per heavy atom. The first-order valence-electron chi connectivity index (χ1n) is 5.66. The van der Waals surface area contributed by atoms with E-state index in [1.807, 2.05) is 19.2 Å². The molecule has 0 spiro atoms. The predicted molar refractivity (Wildman–Crippen MR) is 78.8 cm³/mol. The van der Waals surface area contributed by atoms with Crippen LogP contribution in [0.25, 0.3) is 0 Å². The highest BCUT2D eigenvalue weighted by molar-refractivity contribution is 7.98. The summed E-state index contributed by atoms with van der Waals surface area (Å²) in [5.74, 6) is 0.927. The molecule has 0 saturated carbocycles. The van der Waals surface area contributed by atoms with Crippen molar-refractivity contribution < 1.29 is 8.42 Å². The summed E-state index contributed by atoms with van der Waals surface area (Å²) in [6.45, 7) is 2.04. The molecule has 0 aliphatic carbocycles. The smallest absolute Gasteiger partial charge is 0.244 e. The number of anilines is 1. The lowest BCUT2D eigenvalue weighted by molar-refractivity contribution is 0.521. The van der Waals surface area contributed by atoms with Gasteiger partial charge in [-0.2, -0.15) is 11.8 Å². The van der Waals surface area contributed by atoms with Gasteiger partial charge in [-0.25, -0.2) is 12.7 Å². The van der Waals surface area contributed by atoms with Crippen molar-refractivity contribution in [2.75, 3.05) is 31.4 Å². The van der Waals surface area contributed by atoms with Crippen molar-refractivity contribution in [3.63, 3.8) is 0 Å². The predicted octanol–water partition coefficient (Wildman–Crippen LogP) is 2.10. The van der Waals surface area contributed by atoms with Crippen LogP contribution in [0.15, 0.2) is 29.2 Å². The van der Waals surface area contributed by atoms with Crippen LogP contribution in [0.4, 0.5) is 5.69 Å². The molecule has 0 heterocycles. The number of sulfonamides is 1. The van der Waals surface area contributed by atoms with Gasteiger partial charge in [0.1, 0.15) is 4.90 Å². The fourth-order valence-electron chi connectivity index (χ4n) is 1.56. The molecular formula is C12H20N2O2S2. The van der Waals surface area contributed by atoms with Gasteiger partial charge in [0, 0.05) is 25.9 Å². The summed E-state index contributed by atoms with van der Waals surface area (Å²) >= 11 is 1.73. The van der Waals surface area contributed by atoms with Crippen molar-refractivity contribution in [3.05, 3.63) is 24.3 Å². The van der Waals surface area contributed by atoms with E-state index in [0.29, 0.717) is 10.6 Å². The molecule has 0 aromatic heterocycles. The molecule has 18 heavy (non-hydrogen) atoms. The molecule has 1 aromatic carbocycles. The Morgan fingerprint density at radius 2 is 1.94 bits per heavy atom. The second-order valence-electron chi connectivity index (χ2n) is 4.28. The van der Waals surface area contributed by atoms with Crippen molar-refractivity contribution in [2.24, 2.45) is 0 Å². The van der Waals surface area contributed by atoms with E-state index in [0.717, 1.165) is 5.75 Å². The third-order valence-electron chi connectivity index (χ3n) is 2.46. The van der Waals surface area contributed by atoms with Crippen LogP contribution in [0.2, 0.25) is 0 Å². The molecule has 6 heteroatoms. The molecule has 1 N–H and O–H groups in total. The summed E-state index contributed by atoms with van der Waals surface area (Å²) in [6, 6.07) is 7.22. The lowest BCUT2D eigenvalue weighted by Gasteiger charge is -2.19. The maximum atomic E-state index is 12.2. The largest absolute Gasteiger partial charge is 0.381 e. The quantitative estimate of drug-likeness (QED) is 0.871. The summed E-state index contributed by atoms with van der Waals surface area (Å²) in [5, 5.41) is 3.25. The molecule has 0 radical (unpaired) electrons. The van der Waals surface area contributed by atoms with Gasteiger partial charge in [-0.3, -0.25) is 0 Å². The summed E-state index contributed by atoms with van der Waals surface area (Å²) < 4.78 is 25.6. The SMILES string of the molecule is CSCC(C)Nc1ccccc1S(=O)(=O)N(C)C. The lowest BCUT2D eigenvalue weighted by Crippen LogP contribution is -2.25. The highest BCUT2D eigenvalue weighted by atomic mass is 32.2. The summed E-state index contributed by atoms with van der Waals surface area (Å²) in [7, 11) is -0.326. The number of nitrogens with one attached hydrogen (secondary N) is 1. The average molecular weight is 288 g/mol. The van der Waals surface area contributed by atoms with Gasteiger partial charge in [0.25, 0.3) is 0 Å². The first-order valence-corrected chi connectivity index (χ1v) is 8.50. The van der Waals surface area contributed by atoms with Gasteiger partial charge in [0.2, 0.25) is 10.0 Å². The number of para-hydroxylation sites is 1. The van der Waals surface area contributed by atoms with Gasteiger partial charge in [-0.05, 0) is 25.3 Å². The van der Waals surface area contributed by atoms with Crippen LogP contribution in [0.5, 0.6) is 0 Å². The molecule has 0 aliphatic rings. The van der Waals surface area contributed by atoms with Crippen molar-refractivity contribution in [3.8, 4) is 0 Å². The van der Waals surface area contributed by atoms with E-state index in [1.54, 1.807) is 30.0 Å². The second-order valence-corrected chi connectivity index (χ2v) is 7.32. The van der Waals surface area contributed by atoms with Crippen LogP contribution >= 0.6 is 11.8 Å². The minimum absolute atomic E-state index is 0.221. The molecule has 0 bridgehead atoms. The number of hydrogen-bond donors (Lipinski definition) is 1. The topological polar surface area (TPSA) is 49.4 Å². The fourth-order valence-corrected chi connectivity index (χ4v) is 3.20. The van der Waals surface area contributed by atoms with Gasteiger partial charge in [-0.15, -0.1) is 0 Å². The molecule has 0 amide bonds. The van der Waals surface area contributed by atoms with Gasteiger partial charge < -0.3 is 5.32 Å². The monoisotopic (exact) mass is 288 g/mol. The van der Waals surface area contributed by atoms with Gasteiger partial charge in [0.05, 0.1) is 5.69 Å². The van der Waals surface area contributed by atoms with Gasteiger partial charge >= 0.3 is 0 Å². The Labute approximate surface area is 114 Å². The van der Waals surface area contributed by atoms with E-state index in [-0.39, 0.29) is 6.04 Å². The second kappa shape index (κ2) is 6.45. The number of hydrogen-bond acceptors (Lipinski definition) is 4. The van der Waals surface area contributed by atoms with E-state index < -0.39 is 10.0 Å². The molecule has 0 aliphatic heterocycles. The van der Waals surface area contributed by atoms with Crippen LogP contribution < -0.4 is 5.32 Å². The Hall–Kier alpha value is -0.720. The van der Waals surface area contributed by atoms with E-state index in [2.05, 4.69) is 5.32 Å². The Balaban J connectivity index is 3.08. The van der Waals surface area contributed by atoms with Gasteiger partial charge in [0.15, 0.2) is 0 Å². The summed E-state index contributed by atoms with van der Waals surface area (Å²) in [6.07, 6.45) is 2.03. The third kappa shape index (κ3) is 3.63. The van der Waals surface area contributed by atoms with E-state index >= 15 is 0 Å². The van der Waals surface area contributed by atoms with E-state index in [4.69, 9.17) is 0 Å². The molecule has 0 fully saturated rings. The molecule has 1 unspecified atom stereocenters.